The first-order valence-electron chi connectivity index (χ1n) is 7.53. The standard InChI is InChI=1S/C14H29N3OS/c1-4-13(3)16-8-10-17(11-9-16)14(19)15-7-6-12-18-5-2/h13H,4-12H2,1-3H3,(H,15,19). The topological polar surface area (TPSA) is 27.7 Å². The van der Waals surface area contributed by atoms with Crippen LogP contribution < -0.4 is 5.32 Å². The van der Waals surface area contributed by atoms with E-state index in [9.17, 15) is 0 Å². The van der Waals surface area contributed by atoms with Crippen molar-refractivity contribution in [2.45, 2.75) is 39.7 Å². The van der Waals surface area contributed by atoms with Gasteiger partial charge >= 0.3 is 0 Å². The van der Waals surface area contributed by atoms with E-state index in [4.69, 9.17) is 17.0 Å². The van der Waals surface area contributed by atoms with Gasteiger partial charge in [-0.2, -0.15) is 0 Å². The lowest BCUT2D eigenvalue weighted by Gasteiger charge is -2.39. The molecule has 0 aliphatic carbocycles. The molecule has 1 atom stereocenters. The van der Waals surface area contributed by atoms with Crippen LogP contribution in [0, 0.1) is 0 Å². The van der Waals surface area contributed by atoms with Crippen molar-refractivity contribution in [1.29, 1.82) is 0 Å². The summed E-state index contributed by atoms with van der Waals surface area (Å²) in [5.41, 5.74) is 0. The fourth-order valence-corrected chi connectivity index (χ4v) is 2.53. The Bertz CT molecular complexity index is 255. The lowest BCUT2D eigenvalue weighted by molar-refractivity contribution is 0.135. The van der Waals surface area contributed by atoms with Gasteiger partial charge in [0, 0.05) is 52.0 Å². The summed E-state index contributed by atoms with van der Waals surface area (Å²) in [5, 5.41) is 4.23. The van der Waals surface area contributed by atoms with Gasteiger partial charge in [0.25, 0.3) is 0 Å². The number of ether oxygens (including phenoxy) is 1. The summed E-state index contributed by atoms with van der Waals surface area (Å²) in [6.07, 6.45) is 2.24. The van der Waals surface area contributed by atoms with Crippen LogP contribution in [0.3, 0.4) is 0 Å². The van der Waals surface area contributed by atoms with Crippen LogP contribution in [0.2, 0.25) is 0 Å². The molecule has 5 heteroatoms. The van der Waals surface area contributed by atoms with Gasteiger partial charge in [-0.05, 0) is 38.9 Å². The van der Waals surface area contributed by atoms with E-state index in [2.05, 4.69) is 29.0 Å². The molecule has 0 aromatic carbocycles. The minimum Gasteiger partial charge on any atom is -0.382 e. The zero-order chi connectivity index (χ0) is 14.1. The SMILES string of the molecule is CCOCCCNC(=S)N1CCN(C(C)CC)CC1. The molecule has 1 heterocycles. The van der Waals surface area contributed by atoms with Gasteiger partial charge in [-0.15, -0.1) is 0 Å². The predicted molar refractivity (Wildman–Crippen MR) is 84.6 cm³/mol. The predicted octanol–water partition coefficient (Wildman–Crippen LogP) is 1.70. The second-order valence-electron chi connectivity index (χ2n) is 5.06. The van der Waals surface area contributed by atoms with Gasteiger partial charge in [-0.25, -0.2) is 0 Å². The molecule has 0 radical (unpaired) electrons. The first-order valence-corrected chi connectivity index (χ1v) is 7.94. The van der Waals surface area contributed by atoms with Crippen molar-refractivity contribution >= 4 is 17.3 Å². The van der Waals surface area contributed by atoms with Gasteiger partial charge in [-0.1, -0.05) is 6.92 Å². The van der Waals surface area contributed by atoms with Crippen molar-refractivity contribution in [2.24, 2.45) is 0 Å². The lowest BCUT2D eigenvalue weighted by Crippen LogP contribution is -2.53. The number of thiocarbonyl (C=S) groups is 1. The van der Waals surface area contributed by atoms with Crippen LogP contribution in [0.1, 0.15) is 33.6 Å². The largest absolute Gasteiger partial charge is 0.382 e. The summed E-state index contributed by atoms with van der Waals surface area (Å²) in [4.78, 5) is 4.84. The third-order valence-electron chi connectivity index (χ3n) is 3.76. The van der Waals surface area contributed by atoms with Crippen molar-refractivity contribution in [3.63, 3.8) is 0 Å². The normalized spacial score (nSPS) is 18.4. The van der Waals surface area contributed by atoms with E-state index >= 15 is 0 Å². The minimum atomic E-state index is 0.690. The van der Waals surface area contributed by atoms with E-state index in [0.29, 0.717) is 6.04 Å². The highest BCUT2D eigenvalue weighted by Crippen LogP contribution is 2.08. The van der Waals surface area contributed by atoms with Gasteiger partial charge in [0.15, 0.2) is 5.11 Å². The monoisotopic (exact) mass is 287 g/mol. The van der Waals surface area contributed by atoms with Crippen molar-refractivity contribution in [2.75, 3.05) is 45.9 Å². The maximum Gasteiger partial charge on any atom is 0.169 e. The van der Waals surface area contributed by atoms with Crippen LogP contribution in [0.4, 0.5) is 0 Å². The van der Waals surface area contributed by atoms with E-state index in [0.717, 1.165) is 57.5 Å². The molecule has 19 heavy (non-hydrogen) atoms. The molecule has 112 valence electrons. The summed E-state index contributed by atoms with van der Waals surface area (Å²) in [6, 6.07) is 0.690. The molecular weight excluding hydrogens is 258 g/mol. The molecule has 1 saturated heterocycles. The van der Waals surface area contributed by atoms with Crippen LogP contribution in [-0.4, -0.2) is 66.9 Å². The molecule has 1 aliphatic heterocycles. The Labute approximate surface area is 123 Å². The molecule has 0 spiro atoms. The maximum atomic E-state index is 5.44. The van der Waals surface area contributed by atoms with Crippen molar-refractivity contribution in [3.05, 3.63) is 0 Å². The summed E-state index contributed by atoms with van der Waals surface area (Å²) in [6.45, 7) is 13.4. The lowest BCUT2D eigenvalue weighted by atomic mass is 10.2. The van der Waals surface area contributed by atoms with Crippen LogP contribution in [0.5, 0.6) is 0 Å². The minimum absolute atomic E-state index is 0.690. The third kappa shape index (κ3) is 6.06. The van der Waals surface area contributed by atoms with E-state index in [-0.39, 0.29) is 0 Å². The van der Waals surface area contributed by atoms with E-state index < -0.39 is 0 Å². The quantitative estimate of drug-likeness (QED) is 0.568. The van der Waals surface area contributed by atoms with Crippen molar-refractivity contribution < 1.29 is 4.74 Å². The molecule has 1 rings (SSSR count). The molecule has 4 nitrogen and oxygen atoms in total. The highest BCUT2D eigenvalue weighted by atomic mass is 32.1. The molecule has 0 aromatic heterocycles. The summed E-state index contributed by atoms with van der Waals surface area (Å²) >= 11 is 5.44. The highest BCUT2D eigenvalue weighted by Gasteiger charge is 2.21. The Kier molecular flexibility index (Phi) is 8.34. The Morgan fingerprint density at radius 2 is 1.95 bits per heavy atom. The molecule has 0 aromatic rings. The summed E-state index contributed by atoms with van der Waals surface area (Å²) < 4.78 is 5.31. The molecule has 1 N–H and O–H groups in total. The molecule has 0 saturated carbocycles. The Morgan fingerprint density at radius 3 is 2.53 bits per heavy atom. The van der Waals surface area contributed by atoms with Gasteiger partial charge in [0.05, 0.1) is 0 Å². The number of hydrogen-bond acceptors (Lipinski definition) is 3. The zero-order valence-corrected chi connectivity index (χ0v) is 13.5. The first-order chi connectivity index (χ1) is 9.19. The number of nitrogens with one attached hydrogen (secondary N) is 1. The molecular formula is C14H29N3OS. The fraction of sp³-hybridized carbons (Fsp3) is 0.929. The highest BCUT2D eigenvalue weighted by molar-refractivity contribution is 7.80. The van der Waals surface area contributed by atoms with Crippen molar-refractivity contribution in [1.82, 2.24) is 15.1 Å². The number of nitrogens with zero attached hydrogens (tertiary/aromatic N) is 2. The molecule has 1 aliphatic rings. The average molecular weight is 287 g/mol. The molecule has 1 fully saturated rings. The van der Waals surface area contributed by atoms with Crippen LogP contribution in [0.25, 0.3) is 0 Å². The Balaban J connectivity index is 2.14. The summed E-state index contributed by atoms with van der Waals surface area (Å²) in [5.74, 6) is 0. The van der Waals surface area contributed by atoms with E-state index in [1.807, 2.05) is 6.92 Å². The maximum absolute atomic E-state index is 5.44. The second-order valence-corrected chi connectivity index (χ2v) is 5.45. The van der Waals surface area contributed by atoms with Gasteiger partial charge in [-0.3, -0.25) is 4.90 Å². The Morgan fingerprint density at radius 1 is 1.26 bits per heavy atom. The number of rotatable bonds is 7. The first kappa shape index (κ1) is 16.7. The van der Waals surface area contributed by atoms with Gasteiger partial charge < -0.3 is 15.0 Å². The number of hydrogen-bond donors (Lipinski definition) is 1. The van der Waals surface area contributed by atoms with Gasteiger partial charge in [0.2, 0.25) is 0 Å². The van der Waals surface area contributed by atoms with E-state index in [1.54, 1.807) is 0 Å². The zero-order valence-electron chi connectivity index (χ0n) is 12.7. The van der Waals surface area contributed by atoms with Gasteiger partial charge in [0.1, 0.15) is 0 Å². The number of piperazine rings is 1. The molecule has 0 amide bonds. The van der Waals surface area contributed by atoms with Crippen LogP contribution >= 0.6 is 12.2 Å². The second kappa shape index (κ2) is 9.50. The summed E-state index contributed by atoms with van der Waals surface area (Å²) in [7, 11) is 0. The molecule has 0 bridgehead atoms. The van der Waals surface area contributed by atoms with Crippen LogP contribution in [0.15, 0.2) is 0 Å². The van der Waals surface area contributed by atoms with Crippen LogP contribution in [-0.2, 0) is 4.74 Å². The smallest absolute Gasteiger partial charge is 0.169 e. The van der Waals surface area contributed by atoms with Crippen molar-refractivity contribution in [3.8, 4) is 0 Å². The fourth-order valence-electron chi connectivity index (χ4n) is 2.25. The average Bonchev–Trinajstić information content (AvgIpc) is 2.46. The Hall–Kier alpha value is -0.390. The molecule has 1 unspecified atom stereocenters. The van der Waals surface area contributed by atoms with E-state index in [1.165, 1.54) is 6.42 Å². The third-order valence-corrected chi connectivity index (χ3v) is 4.16.